The zero-order valence-corrected chi connectivity index (χ0v) is 14.4. The Hall–Kier alpha value is -2.31. The van der Waals surface area contributed by atoms with Crippen LogP contribution in [-0.4, -0.2) is 25.5 Å². The van der Waals surface area contributed by atoms with Gasteiger partial charge in [0, 0.05) is 18.5 Å². The summed E-state index contributed by atoms with van der Waals surface area (Å²) < 4.78 is 3.25. The maximum Gasteiger partial charge on any atom is 0.250 e. The first kappa shape index (κ1) is 16.5. The van der Waals surface area contributed by atoms with Gasteiger partial charge in [0.2, 0.25) is 5.91 Å². The molecule has 124 valence electrons. The quantitative estimate of drug-likeness (QED) is 0.752. The van der Waals surface area contributed by atoms with Gasteiger partial charge in [-0.3, -0.25) is 9.48 Å². The predicted molar refractivity (Wildman–Crippen MR) is 93.4 cm³/mol. The second kappa shape index (κ2) is 7.07. The van der Waals surface area contributed by atoms with Crippen molar-refractivity contribution < 1.29 is 4.79 Å². The molecule has 0 spiro atoms. The molecular formula is C16H15Cl2N5O. The van der Waals surface area contributed by atoms with Crippen LogP contribution in [0.5, 0.6) is 0 Å². The zero-order valence-electron chi connectivity index (χ0n) is 12.9. The summed E-state index contributed by atoms with van der Waals surface area (Å²) in [6, 6.07) is 8.49. The third kappa shape index (κ3) is 3.44. The highest BCUT2D eigenvalue weighted by atomic mass is 35.5. The van der Waals surface area contributed by atoms with Crippen molar-refractivity contribution in [1.29, 1.82) is 0 Å². The van der Waals surface area contributed by atoms with E-state index >= 15 is 0 Å². The van der Waals surface area contributed by atoms with Crippen LogP contribution in [0.4, 0.5) is 5.82 Å². The molecule has 1 unspecified atom stereocenters. The average Bonchev–Trinajstić information content (AvgIpc) is 3.23. The van der Waals surface area contributed by atoms with Crippen molar-refractivity contribution in [3.63, 3.8) is 0 Å². The van der Waals surface area contributed by atoms with Crippen molar-refractivity contribution in [1.82, 2.24) is 19.6 Å². The predicted octanol–water partition coefficient (Wildman–Crippen LogP) is 3.63. The van der Waals surface area contributed by atoms with Crippen molar-refractivity contribution >= 4 is 34.9 Å². The Bertz CT molecular complexity index is 844. The van der Waals surface area contributed by atoms with Crippen LogP contribution in [0.15, 0.2) is 48.9 Å². The van der Waals surface area contributed by atoms with Crippen molar-refractivity contribution in [2.24, 2.45) is 0 Å². The van der Waals surface area contributed by atoms with Crippen molar-refractivity contribution in [3.8, 4) is 0 Å². The van der Waals surface area contributed by atoms with Crippen LogP contribution in [0.25, 0.3) is 0 Å². The lowest BCUT2D eigenvalue weighted by molar-refractivity contribution is -0.119. The number of carbonyl (C=O) groups excluding carboxylic acids is 1. The SMILES string of the molecule is CC(C(=O)Nc1ccnn1Cc1cccc(Cl)c1Cl)n1cccn1. The molecule has 1 atom stereocenters. The van der Waals surface area contributed by atoms with Crippen LogP contribution in [0.3, 0.4) is 0 Å². The van der Waals surface area contributed by atoms with Crippen LogP contribution >= 0.6 is 23.2 Å². The van der Waals surface area contributed by atoms with Gasteiger partial charge in [-0.05, 0) is 24.6 Å². The number of hydrogen-bond donors (Lipinski definition) is 1. The molecule has 0 bridgehead atoms. The molecule has 0 aliphatic rings. The third-order valence-electron chi connectivity index (χ3n) is 3.62. The first-order chi connectivity index (χ1) is 11.6. The van der Waals surface area contributed by atoms with Gasteiger partial charge in [0.25, 0.3) is 0 Å². The van der Waals surface area contributed by atoms with E-state index in [0.717, 1.165) is 5.56 Å². The van der Waals surface area contributed by atoms with Crippen LogP contribution in [0.2, 0.25) is 10.0 Å². The molecule has 0 aliphatic carbocycles. The van der Waals surface area contributed by atoms with Gasteiger partial charge in [0.05, 0.1) is 22.8 Å². The molecule has 0 fully saturated rings. The largest absolute Gasteiger partial charge is 0.309 e. The number of carbonyl (C=O) groups is 1. The molecule has 0 saturated carbocycles. The Labute approximate surface area is 149 Å². The van der Waals surface area contributed by atoms with Crippen LogP contribution < -0.4 is 5.32 Å². The second-order valence-electron chi connectivity index (χ2n) is 5.24. The van der Waals surface area contributed by atoms with Gasteiger partial charge in [0.15, 0.2) is 0 Å². The van der Waals surface area contributed by atoms with Crippen molar-refractivity contribution in [2.75, 3.05) is 5.32 Å². The fourth-order valence-corrected chi connectivity index (χ4v) is 2.64. The highest BCUT2D eigenvalue weighted by Crippen LogP contribution is 2.26. The van der Waals surface area contributed by atoms with Gasteiger partial charge in [0.1, 0.15) is 11.9 Å². The molecule has 24 heavy (non-hydrogen) atoms. The van der Waals surface area contributed by atoms with E-state index in [1.807, 2.05) is 12.1 Å². The number of rotatable bonds is 5. The number of nitrogens with zero attached hydrogens (tertiary/aromatic N) is 4. The van der Waals surface area contributed by atoms with Crippen molar-refractivity contribution in [2.45, 2.75) is 19.5 Å². The lowest BCUT2D eigenvalue weighted by Gasteiger charge is -2.14. The Morgan fingerprint density at radius 2 is 2.04 bits per heavy atom. The van der Waals surface area contributed by atoms with E-state index < -0.39 is 6.04 Å². The molecular weight excluding hydrogens is 349 g/mol. The summed E-state index contributed by atoms with van der Waals surface area (Å²) in [5.41, 5.74) is 0.823. The number of nitrogens with one attached hydrogen (secondary N) is 1. The van der Waals surface area contributed by atoms with E-state index in [-0.39, 0.29) is 5.91 Å². The third-order valence-corrected chi connectivity index (χ3v) is 4.48. The molecule has 0 aliphatic heterocycles. The Morgan fingerprint density at radius 3 is 2.79 bits per heavy atom. The summed E-state index contributed by atoms with van der Waals surface area (Å²) in [7, 11) is 0. The summed E-state index contributed by atoms with van der Waals surface area (Å²) in [4.78, 5) is 12.4. The van der Waals surface area contributed by atoms with Crippen molar-refractivity contribution in [3.05, 3.63) is 64.5 Å². The maximum atomic E-state index is 12.4. The number of anilines is 1. The molecule has 2 aromatic heterocycles. The molecule has 0 saturated heterocycles. The zero-order chi connectivity index (χ0) is 17.1. The number of aromatic nitrogens is 4. The van der Waals surface area contributed by atoms with Gasteiger partial charge < -0.3 is 5.32 Å². The number of hydrogen-bond acceptors (Lipinski definition) is 3. The molecule has 1 aromatic carbocycles. The van der Waals surface area contributed by atoms with Crippen LogP contribution in [0.1, 0.15) is 18.5 Å². The molecule has 6 nitrogen and oxygen atoms in total. The standard InChI is InChI=1S/C16H15Cl2N5O/c1-11(22-9-3-7-19-22)16(24)21-14-6-8-20-23(14)10-12-4-2-5-13(17)15(12)18/h2-9,11H,10H2,1H3,(H,21,24). The molecule has 0 radical (unpaired) electrons. The molecule has 2 heterocycles. The first-order valence-electron chi connectivity index (χ1n) is 7.31. The minimum Gasteiger partial charge on any atom is -0.309 e. The molecule has 1 amide bonds. The maximum absolute atomic E-state index is 12.4. The Morgan fingerprint density at radius 1 is 1.21 bits per heavy atom. The summed E-state index contributed by atoms with van der Waals surface area (Å²) in [5, 5.41) is 12.1. The van der Waals surface area contributed by atoms with Crippen LogP contribution in [0, 0.1) is 0 Å². The summed E-state index contributed by atoms with van der Waals surface area (Å²) in [6.07, 6.45) is 5.00. The minimum absolute atomic E-state index is 0.183. The van der Waals surface area contributed by atoms with Gasteiger partial charge in [-0.2, -0.15) is 10.2 Å². The van der Waals surface area contributed by atoms with Gasteiger partial charge >= 0.3 is 0 Å². The van der Waals surface area contributed by atoms with E-state index in [9.17, 15) is 4.79 Å². The average molecular weight is 364 g/mol. The van der Waals surface area contributed by atoms with Gasteiger partial charge in [-0.1, -0.05) is 35.3 Å². The summed E-state index contributed by atoms with van der Waals surface area (Å²) in [6.45, 7) is 2.18. The fourth-order valence-electron chi connectivity index (χ4n) is 2.26. The smallest absolute Gasteiger partial charge is 0.250 e. The first-order valence-corrected chi connectivity index (χ1v) is 8.06. The highest BCUT2D eigenvalue weighted by molar-refractivity contribution is 6.42. The molecule has 3 aromatic rings. The van der Waals surface area contributed by atoms with E-state index in [0.29, 0.717) is 22.4 Å². The molecule has 1 N–H and O–H groups in total. The fraction of sp³-hybridized carbons (Fsp3) is 0.188. The monoisotopic (exact) mass is 363 g/mol. The number of benzene rings is 1. The topological polar surface area (TPSA) is 64.7 Å². The lowest BCUT2D eigenvalue weighted by Crippen LogP contribution is -2.25. The summed E-state index contributed by atoms with van der Waals surface area (Å²) >= 11 is 12.2. The van der Waals surface area contributed by atoms with Gasteiger partial charge in [-0.25, -0.2) is 4.68 Å². The van der Waals surface area contributed by atoms with E-state index in [2.05, 4.69) is 15.5 Å². The lowest BCUT2D eigenvalue weighted by atomic mass is 10.2. The van der Waals surface area contributed by atoms with Crippen LogP contribution in [-0.2, 0) is 11.3 Å². The van der Waals surface area contributed by atoms with E-state index in [4.69, 9.17) is 23.2 Å². The molecule has 3 rings (SSSR count). The van der Waals surface area contributed by atoms with Gasteiger partial charge in [-0.15, -0.1) is 0 Å². The van der Waals surface area contributed by atoms with E-state index in [1.54, 1.807) is 53.1 Å². The Balaban J connectivity index is 1.76. The molecule has 8 heteroatoms. The minimum atomic E-state index is -0.432. The normalized spacial score (nSPS) is 12.1. The second-order valence-corrected chi connectivity index (χ2v) is 6.02. The number of halogens is 2. The highest BCUT2D eigenvalue weighted by Gasteiger charge is 2.17. The summed E-state index contributed by atoms with van der Waals surface area (Å²) in [5.74, 6) is 0.396. The van der Waals surface area contributed by atoms with E-state index in [1.165, 1.54) is 0 Å². The Kier molecular flexibility index (Phi) is 4.87. The number of amides is 1.